The SMILES string of the molecule is CCN(c1cccc(C#N)n1)c1cc(O)ccc1C. The summed E-state index contributed by atoms with van der Waals surface area (Å²) >= 11 is 0. The highest BCUT2D eigenvalue weighted by molar-refractivity contribution is 5.65. The summed E-state index contributed by atoms with van der Waals surface area (Å²) in [5.41, 5.74) is 2.32. The topological polar surface area (TPSA) is 60.2 Å². The van der Waals surface area contributed by atoms with Gasteiger partial charge in [0.1, 0.15) is 23.3 Å². The van der Waals surface area contributed by atoms with Crippen LogP contribution in [0.2, 0.25) is 0 Å². The van der Waals surface area contributed by atoms with Crippen molar-refractivity contribution in [2.45, 2.75) is 13.8 Å². The molecular weight excluding hydrogens is 238 g/mol. The van der Waals surface area contributed by atoms with Crippen LogP contribution in [0, 0.1) is 18.3 Å². The molecule has 0 aliphatic carbocycles. The maximum atomic E-state index is 9.63. The van der Waals surface area contributed by atoms with Crippen LogP contribution < -0.4 is 4.90 Å². The molecule has 1 heterocycles. The fraction of sp³-hybridized carbons (Fsp3) is 0.200. The lowest BCUT2D eigenvalue weighted by atomic mass is 10.1. The lowest BCUT2D eigenvalue weighted by Crippen LogP contribution is -2.18. The third-order valence-electron chi connectivity index (χ3n) is 2.93. The number of hydrogen-bond acceptors (Lipinski definition) is 4. The number of nitriles is 1. The van der Waals surface area contributed by atoms with E-state index in [9.17, 15) is 5.11 Å². The van der Waals surface area contributed by atoms with Crippen molar-refractivity contribution in [2.75, 3.05) is 11.4 Å². The number of aromatic nitrogens is 1. The summed E-state index contributed by atoms with van der Waals surface area (Å²) in [6, 6.07) is 12.6. The van der Waals surface area contributed by atoms with Crippen molar-refractivity contribution < 1.29 is 5.11 Å². The van der Waals surface area contributed by atoms with Crippen LogP contribution in [0.3, 0.4) is 0 Å². The van der Waals surface area contributed by atoms with E-state index in [1.54, 1.807) is 18.2 Å². The van der Waals surface area contributed by atoms with Crippen molar-refractivity contribution in [1.29, 1.82) is 5.26 Å². The molecule has 4 nitrogen and oxygen atoms in total. The molecule has 0 unspecified atom stereocenters. The van der Waals surface area contributed by atoms with E-state index in [0.717, 1.165) is 11.3 Å². The molecule has 1 aromatic carbocycles. The Kier molecular flexibility index (Phi) is 3.67. The van der Waals surface area contributed by atoms with E-state index in [4.69, 9.17) is 5.26 Å². The summed E-state index contributed by atoms with van der Waals surface area (Å²) in [6.07, 6.45) is 0. The number of nitrogens with zero attached hydrogens (tertiary/aromatic N) is 3. The van der Waals surface area contributed by atoms with Gasteiger partial charge in [0.15, 0.2) is 0 Å². The van der Waals surface area contributed by atoms with E-state index < -0.39 is 0 Å². The lowest BCUT2D eigenvalue weighted by molar-refractivity contribution is 0.475. The molecule has 0 amide bonds. The predicted octanol–water partition coefficient (Wildman–Crippen LogP) is 3.13. The van der Waals surface area contributed by atoms with Crippen LogP contribution in [0.4, 0.5) is 11.5 Å². The maximum absolute atomic E-state index is 9.63. The van der Waals surface area contributed by atoms with Crippen molar-refractivity contribution in [3.8, 4) is 11.8 Å². The third kappa shape index (κ3) is 2.66. The summed E-state index contributed by atoms with van der Waals surface area (Å²) in [4.78, 5) is 6.26. The minimum atomic E-state index is 0.218. The number of anilines is 2. The van der Waals surface area contributed by atoms with Gasteiger partial charge in [-0.05, 0) is 37.6 Å². The van der Waals surface area contributed by atoms with Gasteiger partial charge >= 0.3 is 0 Å². The number of pyridine rings is 1. The van der Waals surface area contributed by atoms with Crippen LogP contribution in [0.15, 0.2) is 36.4 Å². The van der Waals surface area contributed by atoms with Gasteiger partial charge in [-0.2, -0.15) is 5.26 Å². The number of phenols is 1. The highest BCUT2D eigenvalue weighted by atomic mass is 16.3. The molecule has 0 aliphatic rings. The van der Waals surface area contributed by atoms with Gasteiger partial charge in [-0.3, -0.25) is 0 Å². The number of aryl methyl sites for hydroxylation is 1. The van der Waals surface area contributed by atoms with E-state index in [1.807, 2.05) is 43.0 Å². The Morgan fingerprint density at radius 3 is 2.79 bits per heavy atom. The van der Waals surface area contributed by atoms with E-state index in [-0.39, 0.29) is 5.75 Å². The molecule has 1 N–H and O–H groups in total. The number of phenolic OH excluding ortho intramolecular Hbond substituents is 1. The highest BCUT2D eigenvalue weighted by Gasteiger charge is 2.12. The van der Waals surface area contributed by atoms with Gasteiger partial charge in [0.05, 0.1) is 0 Å². The molecule has 0 radical (unpaired) electrons. The van der Waals surface area contributed by atoms with Crippen LogP contribution in [-0.2, 0) is 0 Å². The maximum Gasteiger partial charge on any atom is 0.142 e. The Balaban J connectivity index is 2.50. The molecule has 0 aliphatic heterocycles. The largest absolute Gasteiger partial charge is 0.508 e. The van der Waals surface area contributed by atoms with Gasteiger partial charge in [-0.1, -0.05) is 12.1 Å². The Labute approximate surface area is 112 Å². The minimum absolute atomic E-state index is 0.218. The smallest absolute Gasteiger partial charge is 0.142 e. The average molecular weight is 253 g/mol. The van der Waals surface area contributed by atoms with Crippen LogP contribution in [0.25, 0.3) is 0 Å². The zero-order valence-corrected chi connectivity index (χ0v) is 11.0. The first kappa shape index (κ1) is 12.9. The summed E-state index contributed by atoms with van der Waals surface area (Å²) in [5, 5.41) is 18.5. The summed E-state index contributed by atoms with van der Waals surface area (Å²) in [5.74, 6) is 0.922. The normalized spacial score (nSPS) is 9.95. The first-order valence-corrected chi connectivity index (χ1v) is 6.10. The van der Waals surface area contributed by atoms with Crippen molar-refractivity contribution in [3.05, 3.63) is 47.7 Å². The molecule has 19 heavy (non-hydrogen) atoms. The van der Waals surface area contributed by atoms with E-state index in [1.165, 1.54) is 0 Å². The van der Waals surface area contributed by atoms with Gasteiger partial charge < -0.3 is 10.0 Å². The molecule has 0 saturated carbocycles. The number of hydrogen-bond donors (Lipinski definition) is 1. The molecule has 1 aromatic heterocycles. The Hall–Kier alpha value is -2.54. The Morgan fingerprint density at radius 1 is 1.32 bits per heavy atom. The third-order valence-corrected chi connectivity index (χ3v) is 2.93. The molecule has 0 bridgehead atoms. The monoisotopic (exact) mass is 253 g/mol. The molecule has 4 heteroatoms. The molecule has 0 fully saturated rings. The van der Waals surface area contributed by atoms with Gasteiger partial charge in [0.25, 0.3) is 0 Å². The zero-order chi connectivity index (χ0) is 13.8. The fourth-order valence-corrected chi connectivity index (χ4v) is 1.98. The van der Waals surface area contributed by atoms with Crippen molar-refractivity contribution in [1.82, 2.24) is 4.98 Å². The van der Waals surface area contributed by atoms with Gasteiger partial charge in [0, 0.05) is 18.3 Å². The number of rotatable bonds is 3. The predicted molar refractivity (Wildman–Crippen MR) is 74.5 cm³/mol. The van der Waals surface area contributed by atoms with Crippen molar-refractivity contribution in [3.63, 3.8) is 0 Å². The molecule has 96 valence electrons. The molecule has 0 atom stereocenters. The zero-order valence-electron chi connectivity index (χ0n) is 11.0. The second-order valence-electron chi connectivity index (χ2n) is 4.21. The minimum Gasteiger partial charge on any atom is -0.508 e. The van der Waals surface area contributed by atoms with E-state index in [0.29, 0.717) is 18.1 Å². The van der Waals surface area contributed by atoms with Gasteiger partial charge in [0.2, 0.25) is 0 Å². The quantitative estimate of drug-likeness (QED) is 0.913. The summed E-state index contributed by atoms with van der Waals surface area (Å²) < 4.78 is 0. The van der Waals surface area contributed by atoms with Crippen molar-refractivity contribution >= 4 is 11.5 Å². The first-order chi connectivity index (χ1) is 9.15. The van der Waals surface area contributed by atoms with Gasteiger partial charge in [-0.15, -0.1) is 0 Å². The van der Waals surface area contributed by atoms with E-state index >= 15 is 0 Å². The molecular formula is C15H15N3O. The molecule has 2 rings (SSSR count). The van der Waals surface area contributed by atoms with Crippen molar-refractivity contribution in [2.24, 2.45) is 0 Å². The van der Waals surface area contributed by atoms with Crippen LogP contribution >= 0.6 is 0 Å². The second kappa shape index (κ2) is 5.40. The summed E-state index contributed by atoms with van der Waals surface area (Å²) in [7, 11) is 0. The van der Waals surface area contributed by atoms with Crippen LogP contribution in [-0.4, -0.2) is 16.6 Å². The van der Waals surface area contributed by atoms with Crippen LogP contribution in [0.1, 0.15) is 18.2 Å². The lowest BCUT2D eigenvalue weighted by Gasteiger charge is -2.24. The average Bonchev–Trinajstić information content (AvgIpc) is 2.44. The van der Waals surface area contributed by atoms with Gasteiger partial charge in [-0.25, -0.2) is 4.98 Å². The second-order valence-corrected chi connectivity index (χ2v) is 4.21. The first-order valence-electron chi connectivity index (χ1n) is 6.10. The molecule has 2 aromatic rings. The molecule has 0 spiro atoms. The Morgan fingerprint density at radius 2 is 2.11 bits per heavy atom. The standard InChI is InChI=1S/C15H15N3O/c1-3-18(14-9-13(19)8-7-11(14)2)15-6-4-5-12(10-16)17-15/h4-9,19H,3H2,1-2H3. The van der Waals surface area contributed by atoms with Crippen LogP contribution in [0.5, 0.6) is 5.75 Å². The Bertz CT molecular complexity index is 632. The number of aromatic hydroxyl groups is 1. The highest BCUT2D eigenvalue weighted by Crippen LogP contribution is 2.29. The summed E-state index contributed by atoms with van der Waals surface area (Å²) in [6.45, 7) is 4.68. The van der Waals surface area contributed by atoms with E-state index in [2.05, 4.69) is 4.98 Å². The number of benzene rings is 1. The molecule has 0 saturated heterocycles. The fourth-order valence-electron chi connectivity index (χ4n) is 1.98.